The van der Waals surface area contributed by atoms with Crippen LogP contribution in [-0.2, 0) is 5.41 Å². The van der Waals surface area contributed by atoms with Crippen molar-refractivity contribution < 1.29 is 8.83 Å². The highest BCUT2D eigenvalue weighted by Crippen LogP contribution is 2.50. The Balaban J connectivity index is 1.25. The molecule has 0 fully saturated rings. The van der Waals surface area contributed by atoms with Crippen molar-refractivity contribution in [1.29, 1.82) is 0 Å². The fraction of sp³-hybridized carbons (Fsp3) is 0.0698. The maximum atomic E-state index is 6.68. The van der Waals surface area contributed by atoms with Gasteiger partial charge < -0.3 is 8.83 Å². The Labute approximate surface area is 274 Å². The summed E-state index contributed by atoms with van der Waals surface area (Å²) in [7, 11) is 0. The van der Waals surface area contributed by atoms with E-state index in [0.717, 1.165) is 71.4 Å². The van der Waals surface area contributed by atoms with Gasteiger partial charge in [-0.25, -0.2) is 4.98 Å². The Morgan fingerprint density at radius 1 is 0.521 bits per heavy atom. The molecule has 0 spiro atoms. The zero-order valence-corrected chi connectivity index (χ0v) is 26.3. The first-order valence-corrected chi connectivity index (χ1v) is 16.3. The van der Waals surface area contributed by atoms with Gasteiger partial charge in [-0.3, -0.25) is 4.57 Å². The van der Waals surface area contributed by atoms with Gasteiger partial charge in [0.25, 0.3) is 0 Å². The molecular weight excluding hydrogens is 590 g/mol. The maximum absolute atomic E-state index is 6.68. The third kappa shape index (κ3) is 3.30. The summed E-state index contributed by atoms with van der Waals surface area (Å²) in [6.07, 6.45) is 0. The number of furan rings is 2. The van der Waals surface area contributed by atoms with Gasteiger partial charge in [-0.05, 0) is 58.7 Å². The van der Waals surface area contributed by atoms with Crippen LogP contribution >= 0.6 is 0 Å². The van der Waals surface area contributed by atoms with Crippen LogP contribution in [0.15, 0.2) is 136 Å². The number of fused-ring (bicyclic) bond motifs is 12. The lowest BCUT2D eigenvalue weighted by atomic mass is 9.82. The monoisotopic (exact) mass is 617 g/mol. The molecule has 0 atom stereocenters. The standard InChI is InChI=1S/C43H27N3O2/c1-43(2)32-15-7-3-11-25(32)26-20-19-24(21-33(26)43)40-39-31-23-37-30(29-14-6-10-18-36(29)47-37)22-38(31)48-41(39)45-42(44-40)46-34-16-8-4-12-27(34)28-13-5-9-17-35(28)46/h3-23H,1-2H3. The second-order valence-corrected chi connectivity index (χ2v) is 13.4. The highest BCUT2D eigenvalue weighted by Gasteiger charge is 2.35. The van der Waals surface area contributed by atoms with Crippen LogP contribution in [0.3, 0.4) is 0 Å². The van der Waals surface area contributed by atoms with E-state index in [1.165, 1.54) is 22.3 Å². The average molecular weight is 618 g/mol. The Morgan fingerprint density at radius 2 is 1.17 bits per heavy atom. The lowest BCUT2D eigenvalue weighted by Crippen LogP contribution is -2.15. The number of benzene rings is 6. The normalized spacial score (nSPS) is 13.8. The van der Waals surface area contributed by atoms with E-state index >= 15 is 0 Å². The van der Waals surface area contributed by atoms with E-state index in [0.29, 0.717) is 11.7 Å². The van der Waals surface area contributed by atoms with Gasteiger partial charge in [0.15, 0.2) is 0 Å². The van der Waals surface area contributed by atoms with E-state index in [1.807, 2.05) is 18.2 Å². The first-order valence-electron chi connectivity index (χ1n) is 16.3. The van der Waals surface area contributed by atoms with Crippen LogP contribution < -0.4 is 0 Å². The van der Waals surface area contributed by atoms with E-state index < -0.39 is 0 Å². The van der Waals surface area contributed by atoms with E-state index in [-0.39, 0.29) is 5.41 Å². The van der Waals surface area contributed by atoms with E-state index in [1.54, 1.807) is 0 Å². The number of rotatable bonds is 2. The average Bonchev–Trinajstić information content (AvgIpc) is 3.83. The molecule has 0 saturated carbocycles. The number of nitrogens with zero attached hydrogens (tertiary/aromatic N) is 3. The molecule has 1 aliphatic rings. The van der Waals surface area contributed by atoms with E-state index in [4.69, 9.17) is 18.8 Å². The van der Waals surface area contributed by atoms with Crippen LogP contribution in [0.1, 0.15) is 25.0 Å². The van der Waals surface area contributed by atoms with Crippen molar-refractivity contribution in [3.63, 3.8) is 0 Å². The summed E-state index contributed by atoms with van der Waals surface area (Å²) < 4.78 is 15.2. The molecule has 0 saturated heterocycles. The van der Waals surface area contributed by atoms with E-state index in [9.17, 15) is 0 Å². The molecule has 0 amide bonds. The zero-order chi connectivity index (χ0) is 31.7. The first-order chi connectivity index (χ1) is 23.5. The van der Waals surface area contributed by atoms with Crippen molar-refractivity contribution in [2.24, 2.45) is 0 Å². The van der Waals surface area contributed by atoms with Crippen LogP contribution in [0.4, 0.5) is 0 Å². The van der Waals surface area contributed by atoms with Crippen molar-refractivity contribution in [2.75, 3.05) is 0 Å². The van der Waals surface area contributed by atoms with Crippen LogP contribution in [0, 0.1) is 0 Å². The summed E-state index contributed by atoms with van der Waals surface area (Å²) in [5.74, 6) is 0.575. The van der Waals surface area contributed by atoms with Gasteiger partial charge in [-0.15, -0.1) is 0 Å². The Kier molecular flexibility index (Phi) is 4.86. The second kappa shape index (κ2) is 8.99. The molecule has 0 bridgehead atoms. The molecule has 0 radical (unpaired) electrons. The summed E-state index contributed by atoms with van der Waals surface area (Å²) in [5.41, 5.74) is 12.0. The molecular formula is C43H27N3O2. The van der Waals surface area contributed by atoms with Crippen LogP contribution in [0.2, 0.25) is 0 Å². The summed E-state index contributed by atoms with van der Waals surface area (Å²) in [4.78, 5) is 10.6. The largest absolute Gasteiger partial charge is 0.456 e. The molecule has 5 heteroatoms. The minimum absolute atomic E-state index is 0.150. The first kappa shape index (κ1) is 25.9. The molecule has 11 rings (SSSR count). The number of aromatic nitrogens is 3. The van der Waals surface area contributed by atoms with Gasteiger partial charge in [0.2, 0.25) is 11.7 Å². The third-order valence-electron chi connectivity index (χ3n) is 10.5. The SMILES string of the molecule is CC1(C)c2ccccc2-c2ccc(-c3nc(-n4c5ccccc5c5ccccc54)nc4oc5cc6c(cc5c34)oc3ccccc36)cc21. The predicted molar refractivity (Wildman–Crippen MR) is 194 cm³/mol. The molecule has 226 valence electrons. The van der Waals surface area contributed by atoms with Gasteiger partial charge in [-0.1, -0.05) is 105 Å². The minimum atomic E-state index is -0.150. The van der Waals surface area contributed by atoms with Crippen molar-refractivity contribution in [2.45, 2.75) is 19.3 Å². The molecule has 48 heavy (non-hydrogen) atoms. The lowest BCUT2D eigenvalue weighted by Gasteiger charge is -2.22. The van der Waals surface area contributed by atoms with Gasteiger partial charge in [-0.2, -0.15) is 4.98 Å². The molecule has 10 aromatic rings. The summed E-state index contributed by atoms with van der Waals surface area (Å²) >= 11 is 0. The molecule has 5 nitrogen and oxygen atoms in total. The van der Waals surface area contributed by atoms with E-state index in [2.05, 4.69) is 128 Å². The summed E-state index contributed by atoms with van der Waals surface area (Å²) in [6.45, 7) is 4.62. The highest BCUT2D eigenvalue weighted by molar-refractivity contribution is 6.17. The third-order valence-corrected chi connectivity index (χ3v) is 10.5. The zero-order valence-electron chi connectivity index (χ0n) is 26.3. The minimum Gasteiger partial charge on any atom is -0.456 e. The molecule has 6 aromatic carbocycles. The molecule has 1 aliphatic carbocycles. The molecule has 4 heterocycles. The Hall–Kier alpha value is -6.20. The summed E-state index contributed by atoms with van der Waals surface area (Å²) in [6, 6.07) is 44.7. The maximum Gasteiger partial charge on any atom is 0.238 e. The summed E-state index contributed by atoms with van der Waals surface area (Å²) in [5, 5.41) is 6.21. The fourth-order valence-corrected chi connectivity index (χ4v) is 8.18. The fourth-order valence-electron chi connectivity index (χ4n) is 8.18. The highest BCUT2D eigenvalue weighted by atomic mass is 16.3. The number of hydrogen-bond donors (Lipinski definition) is 0. The van der Waals surface area contributed by atoms with Gasteiger partial charge in [0.1, 0.15) is 16.7 Å². The second-order valence-electron chi connectivity index (χ2n) is 13.4. The van der Waals surface area contributed by atoms with Crippen molar-refractivity contribution >= 4 is 65.8 Å². The van der Waals surface area contributed by atoms with Gasteiger partial charge >= 0.3 is 0 Å². The molecule has 0 N–H and O–H groups in total. The molecule has 0 unspecified atom stereocenters. The topological polar surface area (TPSA) is 57.0 Å². The smallest absolute Gasteiger partial charge is 0.238 e. The van der Waals surface area contributed by atoms with Crippen LogP contribution in [-0.4, -0.2) is 14.5 Å². The molecule has 0 aliphatic heterocycles. The van der Waals surface area contributed by atoms with Crippen molar-refractivity contribution in [3.05, 3.63) is 139 Å². The van der Waals surface area contributed by atoms with Crippen molar-refractivity contribution in [3.8, 4) is 28.3 Å². The lowest BCUT2D eigenvalue weighted by molar-refractivity contribution is 0.650. The molecule has 4 aromatic heterocycles. The van der Waals surface area contributed by atoms with Crippen LogP contribution in [0.5, 0.6) is 0 Å². The van der Waals surface area contributed by atoms with Gasteiger partial charge in [0.05, 0.1) is 22.1 Å². The van der Waals surface area contributed by atoms with Crippen molar-refractivity contribution in [1.82, 2.24) is 14.5 Å². The Morgan fingerprint density at radius 3 is 1.98 bits per heavy atom. The van der Waals surface area contributed by atoms with Gasteiger partial charge in [0, 0.05) is 37.9 Å². The van der Waals surface area contributed by atoms with Crippen LogP contribution in [0.25, 0.3) is 94.1 Å². The predicted octanol–water partition coefficient (Wildman–Crippen LogP) is 11.3. The number of para-hydroxylation sites is 3. The quantitative estimate of drug-likeness (QED) is 0.194. The Bertz CT molecular complexity index is 2940. The number of hydrogen-bond acceptors (Lipinski definition) is 4.